The van der Waals surface area contributed by atoms with Crippen LogP contribution >= 0.6 is 0 Å². The first kappa shape index (κ1) is 23.5. The number of alkyl halides is 1. The van der Waals surface area contributed by atoms with E-state index < -0.39 is 22.1 Å². The van der Waals surface area contributed by atoms with Crippen LogP contribution in [0.2, 0.25) is 0 Å². The van der Waals surface area contributed by atoms with Gasteiger partial charge < -0.3 is 10.3 Å². The van der Waals surface area contributed by atoms with Crippen LogP contribution in [0.15, 0.2) is 41.6 Å². The maximum Gasteiger partial charge on any atom is 0.267 e. The van der Waals surface area contributed by atoms with Crippen molar-refractivity contribution in [3.8, 4) is 0 Å². The summed E-state index contributed by atoms with van der Waals surface area (Å²) in [5.41, 5.74) is 7.01. The fourth-order valence-corrected chi connectivity index (χ4v) is 5.82. The lowest BCUT2D eigenvalue weighted by atomic mass is 9.87. The third-order valence-corrected chi connectivity index (χ3v) is 7.92. The number of rotatable bonds is 6. The first-order chi connectivity index (χ1) is 15.4. The second-order valence-electron chi connectivity index (χ2n) is 10.1. The molecule has 0 spiro atoms. The molecule has 0 unspecified atom stereocenters. The van der Waals surface area contributed by atoms with Gasteiger partial charge in [0.05, 0.1) is 22.3 Å². The molecule has 2 aromatic heterocycles. The second kappa shape index (κ2) is 8.59. The van der Waals surface area contributed by atoms with Gasteiger partial charge in [-0.3, -0.25) is 4.79 Å². The minimum absolute atomic E-state index is 0.0226. The Labute approximate surface area is 193 Å². The molecule has 33 heavy (non-hydrogen) atoms. The minimum atomic E-state index is -3.84. The van der Waals surface area contributed by atoms with Crippen molar-refractivity contribution in [2.45, 2.75) is 75.9 Å². The summed E-state index contributed by atoms with van der Waals surface area (Å²) in [6.07, 6.45) is 4.98. The number of imidazole rings is 1. The Morgan fingerprint density at radius 3 is 2.52 bits per heavy atom. The Morgan fingerprint density at radius 2 is 1.88 bits per heavy atom. The van der Waals surface area contributed by atoms with Crippen molar-refractivity contribution < 1.29 is 17.6 Å². The summed E-state index contributed by atoms with van der Waals surface area (Å²) in [6, 6.07) is 6.57. The molecule has 3 aromatic rings. The number of nitrogens with two attached hydrogens (primary N) is 1. The zero-order valence-corrected chi connectivity index (χ0v) is 20.1. The number of benzene rings is 1. The highest BCUT2D eigenvalue weighted by Gasteiger charge is 2.28. The highest BCUT2D eigenvalue weighted by Crippen LogP contribution is 2.33. The van der Waals surface area contributed by atoms with E-state index in [9.17, 15) is 17.6 Å². The Bertz CT molecular complexity index is 1280. The molecule has 1 aliphatic rings. The van der Waals surface area contributed by atoms with E-state index in [1.807, 2.05) is 0 Å². The predicted octanol–water partition coefficient (Wildman–Crippen LogP) is 3.93. The Balaban J connectivity index is 1.71. The van der Waals surface area contributed by atoms with E-state index >= 15 is 0 Å². The fraction of sp³-hybridized carbons (Fsp3) is 0.500. The monoisotopic (exact) mass is 474 g/mol. The molecule has 4 rings (SSSR count). The number of fused-ring (bicyclic) bond motifs is 1. The number of hydrogen-bond acceptors (Lipinski definition) is 4. The van der Waals surface area contributed by atoms with E-state index in [0.717, 1.165) is 34.7 Å². The van der Waals surface area contributed by atoms with Crippen LogP contribution in [0.5, 0.6) is 0 Å². The predicted molar refractivity (Wildman–Crippen MR) is 125 cm³/mol. The zero-order chi connectivity index (χ0) is 24.0. The molecule has 1 amide bonds. The minimum Gasteiger partial charge on any atom is -0.369 e. The number of halogens is 1. The number of amides is 1. The second-order valence-corrected chi connectivity index (χ2v) is 11.9. The molecule has 0 bridgehead atoms. The van der Waals surface area contributed by atoms with E-state index in [1.165, 1.54) is 12.4 Å². The zero-order valence-electron chi connectivity index (χ0n) is 19.3. The highest BCUT2D eigenvalue weighted by atomic mass is 32.2. The maximum absolute atomic E-state index is 13.6. The Kier molecular flexibility index (Phi) is 6.11. The van der Waals surface area contributed by atoms with Gasteiger partial charge in [0.15, 0.2) is 0 Å². The van der Waals surface area contributed by atoms with Gasteiger partial charge in [0.2, 0.25) is 5.91 Å². The highest BCUT2D eigenvalue weighted by molar-refractivity contribution is 7.90. The van der Waals surface area contributed by atoms with Gasteiger partial charge in [0.25, 0.3) is 10.0 Å². The first-order valence-electron chi connectivity index (χ1n) is 11.3. The number of carbonyl (C=O) groups is 1. The van der Waals surface area contributed by atoms with Crippen LogP contribution in [0.3, 0.4) is 0 Å². The molecule has 1 aromatic carbocycles. The topological polar surface area (TPSA) is 100.0 Å². The average Bonchev–Trinajstić information content (AvgIpc) is 3.34. The van der Waals surface area contributed by atoms with Crippen LogP contribution in [0, 0.1) is 5.92 Å². The summed E-state index contributed by atoms with van der Waals surface area (Å²) in [6.45, 7) is 7.00. The summed E-state index contributed by atoms with van der Waals surface area (Å²) >= 11 is 0. The molecule has 2 N–H and O–H groups in total. The van der Waals surface area contributed by atoms with Crippen LogP contribution < -0.4 is 5.73 Å². The maximum atomic E-state index is 13.6. The van der Waals surface area contributed by atoms with Crippen LogP contribution in [0.1, 0.15) is 57.8 Å². The molecule has 2 heterocycles. The molecule has 0 aliphatic heterocycles. The summed E-state index contributed by atoms with van der Waals surface area (Å²) in [5.74, 6) is 0.744. The van der Waals surface area contributed by atoms with Gasteiger partial charge in [-0.05, 0) is 61.4 Å². The largest absolute Gasteiger partial charge is 0.369 e. The van der Waals surface area contributed by atoms with Gasteiger partial charge in [-0.25, -0.2) is 21.8 Å². The van der Waals surface area contributed by atoms with Crippen LogP contribution in [0.25, 0.3) is 11.0 Å². The van der Waals surface area contributed by atoms with Crippen molar-refractivity contribution in [3.05, 3.63) is 48.0 Å². The van der Waals surface area contributed by atoms with E-state index in [-0.39, 0.29) is 16.7 Å². The van der Waals surface area contributed by atoms with Gasteiger partial charge in [0.1, 0.15) is 12.0 Å². The average molecular weight is 475 g/mol. The van der Waals surface area contributed by atoms with Crippen molar-refractivity contribution in [2.24, 2.45) is 11.7 Å². The quantitative estimate of drug-likeness (QED) is 0.585. The van der Waals surface area contributed by atoms with Crippen molar-refractivity contribution in [2.75, 3.05) is 0 Å². The molecular formula is C24H31FN4O3S. The molecular weight excluding hydrogens is 443 g/mol. The molecule has 1 saturated carbocycles. The molecule has 1 aliphatic carbocycles. The van der Waals surface area contributed by atoms with Crippen LogP contribution in [0.4, 0.5) is 4.39 Å². The van der Waals surface area contributed by atoms with Gasteiger partial charge in [0, 0.05) is 24.4 Å². The van der Waals surface area contributed by atoms with Gasteiger partial charge in [-0.2, -0.15) is 0 Å². The summed E-state index contributed by atoms with van der Waals surface area (Å²) in [4.78, 5) is 16.1. The van der Waals surface area contributed by atoms with E-state index in [2.05, 4.69) is 25.3 Å². The van der Waals surface area contributed by atoms with Crippen LogP contribution in [-0.4, -0.2) is 34.0 Å². The molecule has 0 atom stereocenters. The lowest BCUT2D eigenvalue weighted by Crippen LogP contribution is -2.24. The van der Waals surface area contributed by atoms with Crippen molar-refractivity contribution in [1.29, 1.82) is 0 Å². The van der Waals surface area contributed by atoms with E-state index in [4.69, 9.17) is 10.7 Å². The standard InChI is InChI=1S/C24H31FN4O3S/c1-24(2,3)23-27-20-13-19(33(31,32)28-11-10-17(14-28)12-22(26)30)8-9-21(20)29(23)15-16-4-6-18(25)7-5-16/h8-11,13-14,16,18H,4-7,12,15H2,1-3H3,(H2,26,30). The number of primary amides is 1. The van der Waals surface area contributed by atoms with Crippen molar-refractivity contribution in [3.63, 3.8) is 0 Å². The fourth-order valence-electron chi connectivity index (χ4n) is 4.59. The number of aromatic nitrogens is 3. The van der Waals surface area contributed by atoms with Crippen LogP contribution in [-0.2, 0) is 33.2 Å². The van der Waals surface area contributed by atoms with Gasteiger partial charge >= 0.3 is 0 Å². The van der Waals surface area contributed by atoms with Gasteiger partial charge in [-0.1, -0.05) is 20.8 Å². The summed E-state index contributed by atoms with van der Waals surface area (Å²) in [7, 11) is -3.84. The number of hydrogen-bond donors (Lipinski definition) is 1. The SMILES string of the molecule is CC(C)(C)c1nc2cc(S(=O)(=O)n3ccc(CC(N)=O)c3)ccc2n1CC1CCC(F)CC1. The summed E-state index contributed by atoms with van der Waals surface area (Å²) in [5, 5.41) is 0. The third-order valence-electron chi connectivity index (χ3n) is 6.29. The molecule has 0 radical (unpaired) electrons. The molecule has 7 nitrogen and oxygen atoms in total. The lowest BCUT2D eigenvalue weighted by molar-refractivity contribution is -0.117. The normalized spacial score (nSPS) is 19.8. The molecule has 1 fully saturated rings. The summed E-state index contributed by atoms with van der Waals surface area (Å²) < 4.78 is 43.3. The van der Waals surface area contributed by atoms with Crippen molar-refractivity contribution in [1.82, 2.24) is 13.5 Å². The molecule has 0 saturated heterocycles. The smallest absolute Gasteiger partial charge is 0.267 e. The Hall–Kier alpha value is -2.68. The molecule has 9 heteroatoms. The Morgan fingerprint density at radius 1 is 1.18 bits per heavy atom. The van der Waals surface area contributed by atoms with Crippen molar-refractivity contribution >= 4 is 27.0 Å². The lowest BCUT2D eigenvalue weighted by Gasteiger charge is -2.27. The first-order valence-corrected chi connectivity index (χ1v) is 12.7. The number of carbonyl (C=O) groups excluding carboxylic acids is 1. The van der Waals surface area contributed by atoms with E-state index in [0.29, 0.717) is 29.8 Å². The molecule has 178 valence electrons. The third kappa shape index (κ3) is 4.83. The number of nitrogens with zero attached hydrogens (tertiary/aromatic N) is 3. The van der Waals surface area contributed by atoms with E-state index in [1.54, 1.807) is 24.3 Å². The van der Waals surface area contributed by atoms with Gasteiger partial charge in [-0.15, -0.1) is 0 Å².